The maximum atomic E-state index is 8.97. The first-order chi connectivity index (χ1) is 7.88. The predicted molar refractivity (Wildman–Crippen MR) is 65.3 cm³/mol. The van der Waals surface area contributed by atoms with Gasteiger partial charge in [-0.1, -0.05) is 18.2 Å². The highest BCUT2D eigenvalue weighted by atomic mass is 32.1. The van der Waals surface area contributed by atoms with Gasteiger partial charge in [-0.3, -0.25) is 0 Å². The van der Waals surface area contributed by atoms with Crippen LogP contribution >= 0.6 is 11.3 Å². The van der Waals surface area contributed by atoms with Crippen LogP contribution in [-0.4, -0.2) is 15.1 Å². The molecule has 3 rings (SSSR count). The highest BCUT2D eigenvalue weighted by Crippen LogP contribution is 2.32. The fraction of sp³-hybridized carbons (Fsp3) is 0.0833. The third-order valence-electron chi connectivity index (χ3n) is 2.55. The van der Waals surface area contributed by atoms with Crippen LogP contribution in [0, 0.1) is 0 Å². The zero-order valence-corrected chi connectivity index (χ0v) is 9.29. The minimum Gasteiger partial charge on any atom is -0.388 e. The number of benzene rings is 1. The molecule has 0 fully saturated rings. The molecule has 2 heterocycles. The summed E-state index contributed by atoms with van der Waals surface area (Å²) >= 11 is 1.72. The molecule has 1 aromatic carbocycles. The van der Waals surface area contributed by atoms with Crippen LogP contribution in [0.25, 0.3) is 21.3 Å². The Morgan fingerprint density at radius 1 is 1.31 bits per heavy atom. The van der Waals surface area contributed by atoms with Gasteiger partial charge in [0.15, 0.2) is 0 Å². The van der Waals surface area contributed by atoms with Gasteiger partial charge in [-0.15, -0.1) is 11.3 Å². The Labute approximate surface area is 96.4 Å². The van der Waals surface area contributed by atoms with Crippen LogP contribution in [-0.2, 0) is 6.61 Å². The minimum absolute atomic E-state index is 0.0535. The van der Waals surface area contributed by atoms with E-state index in [1.165, 1.54) is 10.1 Å². The molecule has 0 spiro atoms. The summed E-state index contributed by atoms with van der Waals surface area (Å²) in [6.45, 7) is -0.0535. The SMILES string of the molecule is OCc1ncc(-c2csc3ccccc23)[nH]1. The molecule has 0 aliphatic heterocycles. The molecule has 2 aromatic heterocycles. The number of hydrogen-bond acceptors (Lipinski definition) is 3. The van der Waals surface area contributed by atoms with E-state index in [2.05, 4.69) is 27.5 Å². The van der Waals surface area contributed by atoms with E-state index in [1.807, 2.05) is 12.1 Å². The van der Waals surface area contributed by atoms with Crippen LogP contribution in [0.5, 0.6) is 0 Å². The van der Waals surface area contributed by atoms with Crippen molar-refractivity contribution in [3.8, 4) is 11.3 Å². The van der Waals surface area contributed by atoms with Crippen molar-refractivity contribution < 1.29 is 5.11 Å². The summed E-state index contributed by atoms with van der Waals surface area (Å²) in [4.78, 5) is 7.20. The van der Waals surface area contributed by atoms with Crippen molar-refractivity contribution in [2.24, 2.45) is 0 Å². The van der Waals surface area contributed by atoms with Crippen LogP contribution in [0.1, 0.15) is 5.82 Å². The van der Waals surface area contributed by atoms with E-state index in [-0.39, 0.29) is 6.61 Å². The van der Waals surface area contributed by atoms with E-state index in [1.54, 1.807) is 17.5 Å². The molecule has 0 aliphatic carbocycles. The molecular formula is C12H10N2OS. The fourth-order valence-electron chi connectivity index (χ4n) is 1.77. The lowest BCUT2D eigenvalue weighted by molar-refractivity contribution is 0.272. The summed E-state index contributed by atoms with van der Waals surface area (Å²) in [5.41, 5.74) is 2.11. The van der Waals surface area contributed by atoms with Crippen LogP contribution < -0.4 is 0 Å². The predicted octanol–water partition coefficient (Wildman–Crippen LogP) is 2.78. The van der Waals surface area contributed by atoms with E-state index in [9.17, 15) is 0 Å². The van der Waals surface area contributed by atoms with Gasteiger partial charge in [0.05, 0.1) is 11.9 Å². The maximum Gasteiger partial charge on any atom is 0.132 e. The largest absolute Gasteiger partial charge is 0.388 e. The zero-order valence-electron chi connectivity index (χ0n) is 8.47. The molecule has 3 aromatic rings. The molecular weight excluding hydrogens is 220 g/mol. The molecule has 80 valence electrons. The Balaban J connectivity index is 2.18. The summed E-state index contributed by atoms with van der Waals surface area (Å²) in [5, 5.41) is 12.3. The van der Waals surface area contributed by atoms with Gasteiger partial charge in [0, 0.05) is 21.0 Å². The van der Waals surface area contributed by atoms with Gasteiger partial charge in [0.2, 0.25) is 0 Å². The number of thiophene rings is 1. The van der Waals surface area contributed by atoms with Gasteiger partial charge in [0.1, 0.15) is 12.4 Å². The van der Waals surface area contributed by atoms with E-state index < -0.39 is 0 Å². The second-order valence-electron chi connectivity index (χ2n) is 3.55. The van der Waals surface area contributed by atoms with Gasteiger partial charge in [-0.05, 0) is 6.07 Å². The number of aromatic nitrogens is 2. The molecule has 0 unspecified atom stereocenters. The highest BCUT2D eigenvalue weighted by Gasteiger charge is 2.08. The normalized spacial score (nSPS) is 11.1. The number of aromatic amines is 1. The Hall–Kier alpha value is -1.65. The number of fused-ring (bicyclic) bond motifs is 1. The molecule has 3 nitrogen and oxygen atoms in total. The lowest BCUT2D eigenvalue weighted by Gasteiger charge is -1.94. The van der Waals surface area contributed by atoms with E-state index in [4.69, 9.17) is 5.11 Å². The summed E-state index contributed by atoms with van der Waals surface area (Å²) in [6.07, 6.45) is 1.76. The van der Waals surface area contributed by atoms with Crippen molar-refractivity contribution in [1.82, 2.24) is 9.97 Å². The number of imidazole rings is 1. The Kier molecular flexibility index (Phi) is 2.23. The Bertz CT molecular complexity index is 627. The third kappa shape index (κ3) is 1.43. The van der Waals surface area contributed by atoms with Gasteiger partial charge >= 0.3 is 0 Å². The van der Waals surface area contributed by atoms with Crippen molar-refractivity contribution in [1.29, 1.82) is 0 Å². The molecule has 4 heteroatoms. The Morgan fingerprint density at radius 3 is 3.00 bits per heavy atom. The summed E-state index contributed by atoms with van der Waals surface area (Å²) < 4.78 is 1.26. The summed E-state index contributed by atoms with van der Waals surface area (Å²) in [7, 11) is 0. The third-order valence-corrected chi connectivity index (χ3v) is 3.51. The topological polar surface area (TPSA) is 48.9 Å². The van der Waals surface area contributed by atoms with E-state index in [0.29, 0.717) is 5.82 Å². The summed E-state index contributed by atoms with van der Waals surface area (Å²) in [5.74, 6) is 0.602. The molecule has 2 N–H and O–H groups in total. The molecule has 0 aliphatic rings. The Morgan fingerprint density at radius 2 is 2.19 bits per heavy atom. The minimum atomic E-state index is -0.0535. The summed E-state index contributed by atoms with van der Waals surface area (Å²) in [6, 6.07) is 8.27. The number of rotatable bonds is 2. The quantitative estimate of drug-likeness (QED) is 0.711. The lowest BCUT2D eigenvalue weighted by Crippen LogP contribution is -1.84. The van der Waals surface area contributed by atoms with Crippen molar-refractivity contribution >= 4 is 21.4 Å². The van der Waals surface area contributed by atoms with Crippen molar-refractivity contribution in [2.45, 2.75) is 6.61 Å². The maximum absolute atomic E-state index is 8.97. The first-order valence-electron chi connectivity index (χ1n) is 5.00. The molecule has 0 amide bonds. The number of nitrogens with zero attached hydrogens (tertiary/aromatic N) is 1. The van der Waals surface area contributed by atoms with Crippen LogP contribution in [0.15, 0.2) is 35.8 Å². The standard InChI is InChI=1S/C12H10N2OS/c15-6-12-13-5-10(14-12)9-7-16-11-4-2-1-3-8(9)11/h1-5,7,15H,6H2,(H,13,14). The van der Waals surface area contributed by atoms with Gasteiger partial charge in [0.25, 0.3) is 0 Å². The first-order valence-corrected chi connectivity index (χ1v) is 5.88. The number of aliphatic hydroxyl groups excluding tert-OH is 1. The second kappa shape index (κ2) is 3.73. The highest BCUT2D eigenvalue weighted by molar-refractivity contribution is 7.17. The van der Waals surface area contributed by atoms with Crippen LogP contribution in [0.2, 0.25) is 0 Å². The first kappa shape index (κ1) is 9.57. The van der Waals surface area contributed by atoms with Crippen molar-refractivity contribution in [2.75, 3.05) is 0 Å². The van der Waals surface area contributed by atoms with E-state index >= 15 is 0 Å². The average Bonchev–Trinajstić information content (AvgIpc) is 2.94. The number of aliphatic hydroxyl groups is 1. The van der Waals surface area contributed by atoms with Gasteiger partial charge in [-0.2, -0.15) is 0 Å². The molecule has 0 saturated heterocycles. The van der Waals surface area contributed by atoms with Crippen LogP contribution in [0.4, 0.5) is 0 Å². The van der Waals surface area contributed by atoms with Crippen molar-refractivity contribution in [3.05, 3.63) is 41.7 Å². The van der Waals surface area contributed by atoms with Crippen molar-refractivity contribution in [3.63, 3.8) is 0 Å². The molecule has 0 saturated carbocycles. The number of hydrogen-bond donors (Lipinski definition) is 2. The van der Waals surface area contributed by atoms with Crippen LogP contribution in [0.3, 0.4) is 0 Å². The van der Waals surface area contributed by atoms with E-state index in [0.717, 1.165) is 11.3 Å². The second-order valence-corrected chi connectivity index (χ2v) is 4.46. The zero-order chi connectivity index (χ0) is 11.0. The smallest absolute Gasteiger partial charge is 0.132 e. The molecule has 0 radical (unpaired) electrons. The number of H-pyrrole nitrogens is 1. The average molecular weight is 230 g/mol. The number of nitrogens with one attached hydrogen (secondary N) is 1. The van der Waals surface area contributed by atoms with Gasteiger partial charge in [-0.25, -0.2) is 4.98 Å². The molecule has 16 heavy (non-hydrogen) atoms. The monoisotopic (exact) mass is 230 g/mol. The lowest BCUT2D eigenvalue weighted by atomic mass is 10.1. The van der Waals surface area contributed by atoms with Gasteiger partial charge < -0.3 is 10.1 Å². The molecule has 0 atom stereocenters. The fourth-order valence-corrected chi connectivity index (χ4v) is 2.73. The molecule has 0 bridgehead atoms.